The molecular formula is C20H24N2O5S. The van der Waals surface area contributed by atoms with Crippen LogP contribution in [0.3, 0.4) is 0 Å². The molecule has 0 saturated carbocycles. The van der Waals surface area contributed by atoms with Crippen molar-refractivity contribution in [2.45, 2.75) is 26.8 Å². The molecule has 0 aliphatic heterocycles. The van der Waals surface area contributed by atoms with Crippen molar-refractivity contribution >= 4 is 34.8 Å². The highest BCUT2D eigenvalue weighted by molar-refractivity contribution is 7.12. The first-order valence-electron chi connectivity index (χ1n) is 8.77. The number of rotatable bonds is 8. The van der Waals surface area contributed by atoms with Crippen LogP contribution in [0.1, 0.15) is 29.1 Å². The standard InChI is InChI=1S/C20H24N2O5S/c1-12(2)18(22-19(24)16-6-5-9-28-16)20(25)27-11-17(23)21-14-10-13(3)7-8-15(14)26-4/h5-10,12,18H,11H2,1-4H3,(H,21,23)(H,22,24)/t18-/m0/s1. The average Bonchev–Trinajstić information content (AvgIpc) is 3.19. The second-order valence-electron chi connectivity index (χ2n) is 6.53. The zero-order valence-corrected chi connectivity index (χ0v) is 17.1. The number of amides is 2. The lowest BCUT2D eigenvalue weighted by atomic mass is 10.0. The Balaban J connectivity index is 1.94. The largest absolute Gasteiger partial charge is 0.495 e. The van der Waals surface area contributed by atoms with Crippen LogP contribution in [-0.2, 0) is 14.3 Å². The fourth-order valence-corrected chi connectivity index (χ4v) is 3.08. The van der Waals surface area contributed by atoms with Gasteiger partial charge in [-0.2, -0.15) is 0 Å². The molecule has 28 heavy (non-hydrogen) atoms. The van der Waals surface area contributed by atoms with Crippen LogP contribution in [0.2, 0.25) is 0 Å². The molecular weight excluding hydrogens is 380 g/mol. The molecule has 0 spiro atoms. The Bertz CT molecular complexity index is 833. The normalized spacial score (nSPS) is 11.6. The topological polar surface area (TPSA) is 93.7 Å². The van der Waals surface area contributed by atoms with E-state index in [4.69, 9.17) is 9.47 Å². The highest BCUT2D eigenvalue weighted by atomic mass is 32.1. The van der Waals surface area contributed by atoms with Gasteiger partial charge in [0.1, 0.15) is 11.8 Å². The van der Waals surface area contributed by atoms with E-state index in [1.807, 2.05) is 13.0 Å². The van der Waals surface area contributed by atoms with E-state index in [0.29, 0.717) is 16.3 Å². The van der Waals surface area contributed by atoms with Crippen LogP contribution in [0.4, 0.5) is 5.69 Å². The maximum Gasteiger partial charge on any atom is 0.329 e. The van der Waals surface area contributed by atoms with E-state index in [1.54, 1.807) is 43.5 Å². The van der Waals surface area contributed by atoms with E-state index >= 15 is 0 Å². The van der Waals surface area contributed by atoms with Gasteiger partial charge in [-0.1, -0.05) is 26.0 Å². The zero-order valence-electron chi connectivity index (χ0n) is 16.3. The van der Waals surface area contributed by atoms with Crippen molar-refractivity contribution in [2.24, 2.45) is 5.92 Å². The molecule has 0 fully saturated rings. The van der Waals surface area contributed by atoms with Gasteiger partial charge >= 0.3 is 5.97 Å². The number of ether oxygens (including phenoxy) is 2. The molecule has 2 amide bonds. The van der Waals surface area contributed by atoms with E-state index in [0.717, 1.165) is 5.56 Å². The summed E-state index contributed by atoms with van der Waals surface area (Å²) in [5, 5.41) is 7.10. The van der Waals surface area contributed by atoms with Crippen molar-refractivity contribution < 1.29 is 23.9 Å². The van der Waals surface area contributed by atoms with Gasteiger partial charge in [-0.05, 0) is 42.0 Å². The third-order valence-corrected chi connectivity index (χ3v) is 4.80. The summed E-state index contributed by atoms with van der Waals surface area (Å²) in [6, 6.07) is 7.94. The van der Waals surface area contributed by atoms with E-state index in [-0.39, 0.29) is 11.8 Å². The van der Waals surface area contributed by atoms with Gasteiger partial charge < -0.3 is 20.1 Å². The van der Waals surface area contributed by atoms with E-state index in [9.17, 15) is 14.4 Å². The van der Waals surface area contributed by atoms with Crippen LogP contribution in [0, 0.1) is 12.8 Å². The highest BCUT2D eigenvalue weighted by Gasteiger charge is 2.27. The van der Waals surface area contributed by atoms with Crippen molar-refractivity contribution in [3.63, 3.8) is 0 Å². The van der Waals surface area contributed by atoms with Crippen LogP contribution in [0.25, 0.3) is 0 Å². The van der Waals surface area contributed by atoms with Gasteiger partial charge in [0, 0.05) is 0 Å². The summed E-state index contributed by atoms with van der Waals surface area (Å²) in [5.41, 5.74) is 1.44. The molecule has 8 heteroatoms. The van der Waals surface area contributed by atoms with E-state index in [1.165, 1.54) is 18.4 Å². The summed E-state index contributed by atoms with van der Waals surface area (Å²) in [5.74, 6) is -1.19. The third-order valence-electron chi connectivity index (χ3n) is 3.93. The minimum absolute atomic E-state index is 0.198. The van der Waals surface area contributed by atoms with Gasteiger partial charge in [0.05, 0.1) is 17.7 Å². The number of aryl methyl sites for hydroxylation is 1. The smallest absolute Gasteiger partial charge is 0.329 e. The summed E-state index contributed by atoms with van der Waals surface area (Å²) in [7, 11) is 1.50. The summed E-state index contributed by atoms with van der Waals surface area (Å²) in [4.78, 5) is 37.3. The SMILES string of the molecule is COc1ccc(C)cc1NC(=O)COC(=O)[C@@H](NC(=O)c1cccs1)C(C)C. The lowest BCUT2D eigenvalue weighted by Gasteiger charge is -2.20. The number of benzene rings is 1. The molecule has 0 aliphatic carbocycles. The minimum atomic E-state index is -0.851. The first kappa shape index (κ1) is 21.4. The maximum absolute atomic E-state index is 12.4. The summed E-state index contributed by atoms with van der Waals surface area (Å²) in [6.45, 7) is 5.00. The van der Waals surface area contributed by atoms with Crippen molar-refractivity contribution in [3.8, 4) is 5.75 Å². The number of anilines is 1. The first-order valence-corrected chi connectivity index (χ1v) is 9.65. The number of nitrogens with one attached hydrogen (secondary N) is 2. The predicted molar refractivity (Wildman–Crippen MR) is 108 cm³/mol. The molecule has 0 aliphatic rings. The lowest BCUT2D eigenvalue weighted by molar-refractivity contribution is -0.150. The van der Waals surface area contributed by atoms with Crippen molar-refractivity contribution in [1.82, 2.24) is 5.32 Å². The van der Waals surface area contributed by atoms with Gasteiger partial charge in [0.25, 0.3) is 11.8 Å². The Kier molecular flexibility index (Phi) is 7.57. The monoisotopic (exact) mass is 404 g/mol. The second kappa shape index (κ2) is 9.89. The molecule has 150 valence electrons. The number of methoxy groups -OCH3 is 1. The molecule has 0 radical (unpaired) electrons. The summed E-state index contributed by atoms with van der Waals surface area (Å²) < 4.78 is 10.3. The Morgan fingerprint density at radius 2 is 1.93 bits per heavy atom. The van der Waals surface area contributed by atoms with Crippen LogP contribution in [0.15, 0.2) is 35.7 Å². The van der Waals surface area contributed by atoms with Crippen molar-refractivity contribution in [2.75, 3.05) is 19.0 Å². The fourth-order valence-electron chi connectivity index (χ4n) is 2.45. The molecule has 0 unspecified atom stereocenters. The Morgan fingerprint density at radius 1 is 1.18 bits per heavy atom. The Labute approximate surface area is 168 Å². The number of hydrogen-bond acceptors (Lipinski definition) is 6. The molecule has 0 saturated heterocycles. The fraction of sp³-hybridized carbons (Fsp3) is 0.350. The lowest BCUT2D eigenvalue weighted by Crippen LogP contribution is -2.45. The second-order valence-corrected chi connectivity index (χ2v) is 7.48. The first-order chi connectivity index (χ1) is 13.3. The van der Waals surface area contributed by atoms with Crippen LogP contribution < -0.4 is 15.4 Å². The quantitative estimate of drug-likeness (QED) is 0.660. The maximum atomic E-state index is 12.4. The predicted octanol–water partition coefficient (Wildman–Crippen LogP) is 3.00. The molecule has 1 heterocycles. The molecule has 1 aromatic heterocycles. The zero-order chi connectivity index (χ0) is 20.7. The number of thiophene rings is 1. The molecule has 7 nitrogen and oxygen atoms in total. The highest BCUT2D eigenvalue weighted by Crippen LogP contribution is 2.25. The van der Waals surface area contributed by atoms with Crippen molar-refractivity contribution in [3.05, 3.63) is 46.2 Å². The van der Waals surface area contributed by atoms with E-state index in [2.05, 4.69) is 10.6 Å². The summed E-state index contributed by atoms with van der Waals surface area (Å²) in [6.07, 6.45) is 0. The van der Waals surface area contributed by atoms with Crippen LogP contribution in [-0.4, -0.2) is 37.5 Å². The molecule has 2 aromatic rings. The van der Waals surface area contributed by atoms with Gasteiger partial charge in [-0.15, -0.1) is 11.3 Å². The molecule has 1 atom stereocenters. The minimum Gasteiger partial charge on any atom is -0.495 e. The molecule has 1 aromatic carbocycles. The van der Waals surface area contributed by atoms with Gasteiger partial charge in [0.2, 0.25) is 0 Å². The number of esters is 1. The van der Waals surface area contributed by atoms with Gasteiger partial charge in [-0.3, -0.25) is 9.59 Å². The van der Waals surface area contributed by atoms with Gasteiger partial charge in [-0.25, -0.2) is 4.79 Å². The van der Waals surface area contributed by atoms with E-state index < -0.39 is 24.5 Å². The van der Waals surface area contributed by atoms with Crippen LogP contribution in [0.5, 0.6) is 5.75 Å². The van der Waals surface area contributed by atoms with Crippen molar-refractivity contribution in [1.29, 1.82) is 0 Å². The molecule has 0 bridgehead atoms. The number of carbonyl (C=O) groups excluding carboxylic acids is 3. The molecule has 2 N–H and O–H groups in total. The van der Waals surface area contributed by atoms with Gasteiger partial charge in [0.15, 0.2) is 6.61 Å². The Hall–Kier alpha value is -2.87. The number of carbonyl (C=O) groups is 3. The third kappa shape index (κ3) is 5.82. The summed E-state index contributed by atoms with van der Waals surface area (Å²) >= 11 is 1.28. The average molecular weight is 404 g/mol. The number of hydrogen-bond donors (Lipinski definition) is 2. The Morgan fingerprint density at radius 3 is 2.54 bits per heavy atom. The van der Waals surface area contributed by atoms with Crippen LogP contribution >= 0.6 is 11.3 Å². The molecule has 2 rings (SSSR count).